The van der Waals surface area contributed by atoms with E-state index in [1.54, 1.807) is 11.3 Å². The number of nitrogens with zero attached hydrogens (tertiary/aromatic N) is 3. The molecular weight excluding hydrogens is 347 g/mol. The number of aromatic nitrogens is 3. The smallest absolute Gasteiger partial charge is 0.201 e. The standard InChI is InChI=1S/C11H9IN4S/c12-7-1-2-10-9(3-7)15-11(13)16(10)4-8-5-17-6-14-8/h1-3,5-6H,4H2,(H2,13,15). The zero-order chi connectivity index (χ0) is 11.8. The van der Waals surface area contributed by atoms with E-state index in [0.717, 1.165) is 20.3 Å². The number of rotatable bonds is 2. The summed E-state index contributed by atoms with van der Waals surface area (Å²) in [4.78, 5) is 8.64. The van der Waals surface area contributed by atoms with E-state index in [1.807, 2.05) is 27.6 Å². The maximum Gasteiger partial charge on any atom is 0.201 e. The van der Waals surface area contributed by atoms with Crippen LogP contribution in [0.25, 0.3) is 11.0 Å². The van der Waals surface area contributed by atoms with E-state index in [-0.39, 0.29) is 0 Å². The van der Waals surface area contributed by atoms with Crippen LogP contribution in [0.4, 0.5) is 5.95 Å². The minimum Gasteiger partial charge on any atom is -0.369 e. The van der Waals surface area contributed by atoms with Crippen LogP contribution in [0.15, 0.2) is 29.1 Å². The van der Waals surface area contributed by atoms with Gasteiger partial charge in [-0.25, -0.2) is 9.97 Å². The molecule has 0 fully saturated rings. The van der Waals surface area contributed by atoms with Crippen molar-refractivity contribution in [3.8, 4) is 0 Å². The third-order valence-electron chi connectivity index (χ3n) is 2.54. The third kappa shape index (κ3) is 2.02. The van der Waals surface area contributed by atoms with Crippen LogP contribution in [0.5, 0.6) is 0 Å². The first kappa shape index (κ1) is 11.0. The van der Waals surface area contributed by atoms with Crippen molar-refractivity contribution in [2.24, 2.45) is 0 Å². The largest absolute Gasteiger partial charge is 0.369 e. The van der Waals surface area contributed by atoms with Gasteiger partial charge in [-0.15, -0.1) is 11.3 Å². The average Bonchev–Trinajstić information content (AvgIpc) is 2.88. The van der Waals surface area contributed by atoms with Crippen LogP contribution in [-0.4, -0.2) is 14.5 Å². The van der Waals surface area contributed by atoms with E-state index in [0.29, 0.717) is 12.5 Å². The van der Waals surface area contributed by atoms with E-state index in [1.165, 1.54) is 0 Å². The predicted octanol–water partition coefficient (Wildman–Crippen LogP) is 2.73. The van der Waals surface area contributed by atoms with E-state index >= 15 is 0 Å². The average molecular weight is 356 g/mol. The second-order valence-corrected chi connectivity index (χ2v) is 5.63. The van der Waals surface area contributed by atoms with Crippen LogP contribution in [0, 0.1) is 3.57 Å². The minimum absolute atomic E-state index is 0.537. The van der Waals surface area contributed by atoms with Gasteiger partial charge in [-0.3, -0.25) is 0 Å². The normalized spacial score (nSPS) is 11.1. The molecule has 0 radical (unpaired) electrons. The molecule has 0 bridgehead atoms. The molecule has 0 amide bonds. The summed E-state index contributed by atoms with van der Waals surface area (Å²) in [5, 5.41) is 2.03. The number of fused-ring (bicyclic) bond motifs is 1. The first-order valence-corrected chi connectivity index (χ1v) is 7.04. The van der Waals surface area contributed by atoms with Crippen molar-refractivity contribution in [1.82, 2.24) is 14.5 Å². The molecule has 17 heavy (non-hydrogen) atoms. The van der Waals surface area contributed by atoms with Crippen molar-refractivity contribution in [1.29, 1.82) is 0 Å². The van der Waals surface area contributed by atoms with Gasteiger partial charge < -0.3 is 10.3 Å². The molecule has 86 valence electrons. The highest BCUT2D eigenvalue weighted by Gasteiger charge is 2.09. The number of anilines is 1. The Balaban J connectivity index is 2.12. The molecule has 0 unspecified atom stereocenters. The van der Waals surface area contributed by atoms with E-state index in [4.69, 9.17) is 5.73 Å². The fourth-order valence-electron chi connectivity index (χ4n) is 1.77. The van der Waals surface area contributed by atoms with Crippen LogP contribution in [0.3, 0.4) is 0 Å². The molecule has 0 aliphatic carbocycles. The number of nitrogens with two attached hydrogens (primary N) is 1. The summed E-state index contributed by atoms with van der Waals surface area (Å²) in [5.74, 6) is 0.537. The lowest BCUT2D eigenvalue weighted by Gasteiger charge is -2.03. The first-order chi connectivity index (χ1) is 8.24. The van der Waals surface area contributed by atoms with Crippen LogP contribution in [-0.2, 0) is 6.54 Å². The number of hydrogen-bond acceptors (Lipinski definition) is 4. The van der Waals surface area contributed by atoms with Gasteiger partial charge in [0.15, 0.2) is 0 Å². The lowest BCUT2D eigenvalue weighted by atomic mass is 10.3. The maximum atomic E-state index is 5.95. The lowest BCUT2D eigenvalue weighted by molar-refractivity contribution is 0.816. The molecule has 0 spiro atoms. The molecule has 3 rings (SSSR count). The number of benzene rings is 1. The van der Waals surface area contributed by atoms with Crippen molar-refractivity contribution < 1.29 is 0 Å². The maximum absolute atomic E-state index is 5.95. The highest BCUT2D eigenvalue weighted by atomic mass is 127. The lowest BCUT2D eigenvalue weighted by Crippen LogP contribution is -2.04. The molecule has 4 nitrogen and oxygen atoms in total. The fraction of sp³-hybridized carbons (Fsp3) is 0.0909. The Bertz CT molecular complexity index is 659. The summed E-state index contributed by atoms with van der Waals surface area (Å²) in [5.41, 5.74) is 10.8. The van der Waals surface area contributed by atoms with Crippen molar-refractivity contribution in [2.45, 2.75) is 6.54 Å². The van der Waals surface area contributed by atoms with Crippen LogP contribution in [0.2, 0.25) is 0 Å². The fourth-order valence-corrected chi connectivity index (χ4v) is 2.79. The zero-order valence-electron chi connectivity index (χ0n) is 8.80. The Morgan fingerprint density at radius 1 is 1.41 bits per heavy atom. The Morgan fingerprint density at radius 2 is 2.29 bits per heavy atom. The van der Waals surface area contributed by atoms with Crippen molar-refractivity contribution in [2.75, 3.05) is 5.73 Å². The van der Waals surface area contributed by atoms with Gasteiger partial charge >= 0.3 is 0 Å². The molecular formula is C11H9IN4S. The molecule has 0 saturated carbocycles. The van der Waals surface area contributed by atoms with Crippen LogP contribution < -0.4 is 5.73 Å². The number of thiazole rings is 1. The SMILES string of the molecule is Nc1nc2cc(I)ccc2n1Cc1cscn1. The minimum atomic E-state index is 0.537. The quantitative estimate of drug-likeness (QED) is 0.719. The molecule has 3 aromatic rings. The van der Waals surface area contributed by atoms with Crippen molar-refractivity contribution in [3.05, 3.63) is 38.4 Å². The van der Waals surface area contributed by atoms with Crippen LogP contribution in [0.1, 0.15) is 5.69 Å². The van der Waals surface area contributed by atoms with Crippen molar-refractivity contribution >= 4 is 50.9 Å². The molecule has 2 heterocycles. The molecule has 2 N–H and O–H groups in total. The number of nitrogen functional groups attached to an aromatic ring is 1. The Kier molecular flexibility index (Phi) is 2.75. The summed E-state index contributed by atoms with van der Waals surface area (Å²) < 4.78 is 3.15. The summed E-state index contributed by atoms with van der Waals surface area (Å²) in [6.07, 6.45) is 0. The third-order valence-corrected chi connectivity index (χ3v) is 3.85. The number of imidazole rings is 1. The van der Waals surface area contributed by atoms with Gasteiger partial charge in [-0.1, -0.05) is 0 Å². The van der Waals surface area contributed by atoms with Gasteiger partial charge in [0.1, 0.15) is 0 Å². The van der Waals surface area contributed by atoms with Gasteiger partial charge in [-0.05, 0) is 40.8 Å². The molecule has 0 saturated heterocycles. The number of halogens is 1. The predicted molar refractivity (Wildman–Crippen MR) is 78.1 cm³/mol. The molecule has 6 heteroatoms. The second kappa shape index (κ2) is 4.26. The molecule has 1 aromatic carbocycles. The Morgan fingerprint density at radius 3 is 3.06 bits per heavy atom. The van der Waals surface area contributed by atoms with Gasteiger partial charge in [0.25, 0.3) is 0 Å². The summed E-state index contributed by atoms with van der Waals surface area (Å²) >= 11 is 3.86. The van der Waals surface area contributed by atoms with E-state index in [9.17, 15) is 0 Å². The summed E-state index contributed by atoms with van der Waals surface area (Å²) in [7, 11) is 0. The first-order valence-electron chi connectivity index (χ1n) is 5.02. The van der Waals surface area contributed by atoms with Gasteiger partial charge in [0, 0.05) is 8.95 Å². The van der Waals surface area contributed by atoms with E-state index in [2.05, 4.69) is 38.6 Å². The molecule has 0 atom stereocenters. The highest BCUT2D eigenvalue weighted by Crippen LogP contribution is 2.21. The Hall–Kier alpha value is -1.15. The van der Waals surface area contributed by atoms with E-state index < -0.39 is 0 Å². The second-order valence-electron chi connectivity index (χ2n) is 3.67. The molecule has 2 aromatic heterocycles. The van der Waals surface area contributed by atoms with Gasteiger partial charge in [-0.2, -0.15) is 0 Å². The topological polar surface area (TPSA) is 56.7 Å². The highest BCUT2D eigenvalue weighted by molar-refractivity contribution is 14.1. The summed E-state index contributed by atoms with van der Waals surface area (Å²) in [6.45, 7) is 0.673. The monoisotopic (exact) mass is 356 g/mol. The number of hydrogen-bond donors (Lipinski definition) is 1. The van der Waals surface area contributed by atoms with Crippen LogP contribution >= 0.6 is 33.9 Å². The Labute approximate surface area is 116 Å². The zero-order valence-corrected chi connectivity index (χ0v) is 11.8. The molecule has 0 aliphatic heterocycles. The van der Waals surface area contributed by atoms with Gasteiger partial charge in [0.05, 0.1) is 28.8 Å². The van der Waals surface area contributed by atoms with Gasteiger partial charge in [0.2, 0.25) is 5.95 Å². The summed E-state index contributed by atoms with van der Waals surface area (Å²) in [6, 6.07) is 6.14. The van der Waals surface area contributed by atoms with Crippen molar-refractivity contribution in [3.63, 3.8) is 0 Å². The molecule has 0 aliphatic rings.